The summed E-state index contributed by atoms with van der Waals surface area (Å²) in [5.41, 5.74) is 1.30. The number of ether oxygens (including phenoxy) is 1. The summed E-state index contributed by atoms with van der Waals surface area (Å²) in [5, 5.41) is 7.98. The molecular weight excluding hydrogens is 280 g/mol. The number of nitrogens with one attached hydrogen (secondary N) is 1. The monoisotopic (exact) mass is 304 g/mol. The van der Waals surface area contributed by atoms with Crippen LogP contribution < -0.4 is 5.32 Å². The van der Waals surface area contributed by atoms with E-state index in [9.17, 15) is 0 Å². The topological polar surface area (TPSA) is 67.6 Å². The van der Waals surface area contributed by atoms with Crippen LogP contribution in [0.4, 0.5) is 5.95 Å². The van der Waals surface area contributed by atoms with Crippen molar-refractivity contribution < 1.29 is 4.74 Å². The third-order valence-electron chi connectivity index (χ3n) is 4.96. The van der Waals surface area contributed by atoms with Gasteiger partial charge in [-0.3, -0.25) is 4.90 Å². The van der Waals surface area contributed by atoms with Crippen molar-refractivity contribution in [3.05, 3.63) is 6.33 Å². The van der Waals surface area contributed by atoms with Crippen molar-refractivity contribution in [1.82, 2.24) is 25.0 Å². The molecule has 0 radical (unpaired) electrons. The number of nitrogens with zero attached hydrogens (tertiary/aromatic N) is 5. The van der Waals surface area contributed by atoms with Crippen molar-refractivity contribution in [2.45, 2.75) is 31.8 Å². The Balaban J connectivity index is 1.37. The second-order valence-electron chi connectivity index (χ2n) is 6.37. The third kappa shape index (κ3) is 2.93. The van der Waals surface area contributed by atoms with Crippen LogP contribution >= 0.6 is 0 Å². The van der Waals surface area contributed by atoms with E-state index in [1.54, 1.807) is 6.33 Å². The molecule has 0 aromatic carbocycles. The van der Waals surface area contributed by atoms with Crippen LogP contribution in [0.15, 0.2) is 11.3 Å². The molecule has 2 atom stereocenters. The first-order valence-corrected chi connectivity index (χ1v) is 8.40. The van der Waals surface area contributed by atoms with Crippen LogP contribution in [0.1, 0.15) is 19.3 Å². The van der Waals surface area contributed by atoms with Crippen molar-refractivity contribution >= 4 is 11.7 Å². The maximum Gasteiger partial charge on any atom is 0.247 e. The average Bonchev–Trinajstić information content (AvgIpc) is 3.01. The Bertz CT molecular complexity index is 536. The summed E-state index contributed by atoms with van der Waals surface area (Å²) in [6.45, 7) is 6.90. The molecule has 0 spiro atoms. The fraction of sp³-hybridized carbons (Fsp3) is 0.800. The molecule has 1 saturated carbocycles. The van der Waals surface area contributed by atoms with Gasteiger partial charge in [-0.2, -0.15) is 10.1 Å². The molecule has 7 heteroatoms. The summed E-state index contributed by atoms with van der Waals surface area (Å²) in [5.74, 6) is 1.30. The lowest BCUT2D eigenvalue weighted by Gasteiger charge is -2.35. The largest absolute Gasteiger partial charge is 0.379 e. The highest BCUT2D eigenvalue weighted by Gasteiger charge is 2.33. The van der Waals surface area contributed by atoms with Gasteiger partial charge in [0.15, 0.2) is 0 Å². The minimum atomic E-state index is 0.408. The van der Waals surface area contributed by atoms with Crippen LogP contribution in [0.5, 0.6) is 0 Å². The second-order valence-corrected chi connectivity index (χ2v) is 6.37. The highest BCUT2D eigenvalue weighted by molar-refractivity contribution is 5.94. The van der Waals surface area contributed by atoms with Gasteiger partial charge in [0.25, 0.3) is 0 Å². The predicted molar refractivity (Wildman–Crippen MR) is 83.5 cm³/mol. The van der Waals surface area contributed by atoms with E-state index in [4.69, 9.17) is 9.73 Å². The van der Waals surface area contributed by atoms with Gasteiger partial charge in [-0.15, -0.1) is 0 Å². The Labute approximate surface area is 130 Å². The minimum absolute atomic E-state index is 0.408. The molecule has 2 unspecified atom stereocenters. The normalized spacial score (nSPS) is 28.8. The number of hydrogen-bond donors (Lipinski definition) is 1. The lowest BCUT2D eigenvalue weighted by atomic mass is 9.83. The van der Waals surface area contributed by atoms with Crippen LogP contribution in [0, 0.1) is 5.92 Å². The highest BCUT2D eigenvalue weighted by Crippen LogP contribution is 2.29. The maximum absolute atomic E-state index is 5.40. The van der Waals surface area contributed by atoms with Crippen molar-refractivity contribution in [2.24, 2.45) is 10.9 Å². The van der Waals surface area contributed by atoms with Crippen LogP contribution in [0.25, 0.3) is 0 Å². The molecule has 1 N–H and O–H groups in total. The molecule has 0 amide bonds. The predicted octanol–water partition coefficient (Wildman–Crippen LogP) is 0.455. The number of fused-ring (bicyclic) bond motifs is 2. The van der Waals surface area contributed by atoms with E-state index >= 15 is 0 Å². The Morgan fingerprint density at radius 3 is 3.09 bits per heavy atom. The number of hydrogen-bond acceptors (Lipinski definition) is 6. The molecule has 2 fully saturated rings. The Morgan fingerprint density at radius 1 is 1.27 bits per heavy atom. The molecule has 1 aliphatic carbocycles. The van der Waals surface area contributed by atoms with Gasteiger partial charge in [-0.25, -0.2) is 9.67 Å². The Hall–Kier alpha value is -1.31. The van der Waals surface area contributed by atoms with Gasteiger partial charge in [-0.1, -0.05) is 6.42 Å². The van der Waals surface area contributed by atoms with Gasteiger partial charge in [0.2, 0.25) is 5.95 Å². The maximum atomic E-state index is 5.40. The number of morpholine rings is 1. The highest BCUT2D eigenvalue weighted by atomic mass is 16.5. The lowest BCUT2D eigenvalue weighted by Crippen LogP contribution is -2.48. The molecule has 2 aliphatic heterocycles. The van der Waals surface area contributed by atoms with E-state index in [0.29, 0.717) is 12.0 Å². The summed E-state index contributed by atoms with van der Waals surface area (Å²) in [6, 6.07) is 0.408. The first-order chi connectivity index (χ1) is 10.9. The number of rotatable bonds is 4. The van der Waals surface area contributed by atoms with E-state index in [0.717, 1.165) is 51.9 Å². The first-order valence-electron chi connectivity index (χ1n) is 8.40. The van der Waals surface area contributed by atoms with Gasteiger partial charge in [0.05, 0.1) is 19.8 Å². The minimum Gasteiger partial charge on any atom is -0.379 e. The van der Waals surface area contributed by atoms with Crippen molar-refractivity contribution in [1.29, 1.82) is 0 Å². The molecule has 120 valence electrons. The summed E-state index contributed by atoms with van der Waals surface area (Å²) in [6.07, 6.45) is 5.28. The van der Waals surface area contributed by atoms with Crippen LogP contribution in [-0.4, -0.2) is 70.8 Å². The molecule has 22 heavy (non-hydrogen) atoms. The summed E-state index contributed by atoms with van der Waals surface area (Å²) < 4.78 is 7.33. The average molecular weight is 304 g/mol. The number of aromatic nitrogens is 3. The summed E-state index contributed by atoms with van der Waals surface area (Å²) >= 11 is 0. The van der Waals surface area contributed by atoms with Crippen molar-refractivity contribution in [3.8, 4) is 0 Å². The quantitative estimate of drug-likeness (QED) is 0.875. The van der Waals surface area contributed by atoms with Gasteiger partial charge >= 0.3 is 0 Å². The van der Waals surface area contributed by atoms with Crippen molar-refractivity contribution in [2.75, 3.05) is 39.4 Å². The fourth-order valence-corrected chi connectivity index (χ4v) is 3.73. The standard InChI is InChI=1S/C15H24N6O/c1-2-12-10-21-15(17-11-18-21)19-14(12)13(3-1)16-4-5-20-6-8-22-9-7-20/h11-13,16H,1-10H2. The Morgan fingerprint density at radius 2 is 2.18 bits per heavy atom. The molecule has 3 aliphatic rings. The first kappa shape index (κ1) is 14.3. The third-order valence-corrected chi connectivity index (χ3v) is 4.96. The zero-order valence-electron chi connectivity index (χ0n) is 12.9. The van der Waals surface area contributed by atoms with Gasteiger partial charge < -0.3 is 10.1 Å². The molecular formula is C15H24N6O. The van der Waals surface area contributed by atoms with Crippen LogP contribution in [0.3, 0.4) is 0 Å². The molecule has 1 saturated heterocycles. The smallest absolute Gasteiger partial charge is 0.247 e. The van der Waals surface area contributed by atoms with Gasteiger partial charge in [0, 0.05) is 43.9 Å². The fourth-order valence-electron chi connectivity index (χ4n) is 3.73. The second kappa shape index (κ2) is 6.44. The van der Waals surface area contributed by atoms with Crippen LogP contribution in [-0.2, 0) is 11.3 Å². The lowest BCUT2D eigenvalue weighted by molar-refractivity contribution is 0.0382. The molecule has 3 heterocycles. The zero-order valence-corrected chi connectivity index (χ0v) is 12.9. The molecule has 1 aromatic rings. The van der Waals surface area contributed by atoms with Crippen molar-refractivity contribution in [3.63, 3.8) is 0 Å². The summed E-state index contributed by atoms with van der Waals surface area (Å²) in [7, 11) is 0. The van der Waals surface area contributed by atoms with E-state index in [1.165, 1.54) is 25.0 Å². The molecule has 0 bridgehead atoms. The SMILES string of the molecule is c1nc2n(n1)CC1CCCC(NCCN3CCOCC3)C1=N2. The van der Waals surface area contributed by atoms with E-state index in [-0.39, 0.29) is 0 Å². The summed E-state index contributed by atoms with van der Waals surface area (Å²) in [4.78, 5) is 11.5. The number of aliphatic imine (C=N–C) groups is 1. The van der Waals surface area contributed by atoms with E-state index < -0.39 is 0 Å². The van der Waals surface area contributed by atoms with Gasteiger partial charge in [0.1, 0.15) is 6.33 Å². The Kier molecular flexibility index (Phi) is 4.18. The van der Waals surface area contributed by atoms with E-state index in [1.807, 2.05) is 4.68 Å². The van der Waals surface area contributed by atoms with Crippen LogP contribution in [0.2, 0.25) is 0 Å². The molecule has 7 nitrogen and oxygen atoms in total. The molecule has 4 rings (SSSR count). The molecule has 1 aromatic heterocycles. The van der Waals surface area contributed by atoms with Gasteiger partial charge in [-0.05, 0) is 12.8 Å². The van der Waals surface area contributed by atoms with E-state index in [2.05, 4.69) is 20.3 Å². The zero-order chi connectivity index (χ0) is 14.8.